The summed E-state index contributed by atoms with van der Waals surface area (Å²) in [4.78, 5) is 19.7. The van der Waals surface area contributed by atoms with Crippen molar-refractivity contribution >= 4 is 64.2 Å². The first-order valence-electron chi connectivity index (χ1n) is 18.0. The molecule has 7 heteroatoms. The molecule has 0 bridgehead atoms. The van der Waals surface area contributed by atoms with E-state index in [0.29, 0.717) is 23.0 Å². The van der Waals surface area contributed by atoms with Gasteiger partial charge in [0.2, 0.25) is 0 Å². The first-order valence-corrected chi connectivity index (χ1v) is 18.8. The van der Waals surface area contributed by atoms with Crippen LogP contribution in [0.5, 0.6) is 0 Å². The average molecular weight is 727 g/mol. The van der Waals surface area contributed by atoms with Crippen molar-refractivity contribution in [2.45, 2.75) is 0 Å². The minimum Gasteiger partial charge on any atom is -0.456 e. The van der Waals surface area contributed by atoms with Crippen molar-refractivity contribution in [2.24, 2.45) is 0 Å². The van der Waals surface area contributed by atoms with E-state index in [1.807, 2.05) is 72.9 Å². The smallest absolute Gasteiger partial charge is 0.164 e. The molecule has 4 aromatic heterocycles. The van der Waals surface area contributed by atoms with Gasteiger partial charge in [-0.15, -0.1) is 11.3 Å². The number of fused-ring (bicyclic) bond motifs is 7. The Morgan fingerprint density at radius 1 is 0.455 bits per heavy atom. The summed E-state index contributed by atoms with van der Waals surface area (Å²) in [5.74, 6) is 1.01. The van der Waals surface area contributed by atoms with Gasteiger partial charge in [0.1, 0.15) is 17.0 Å². The van der Waals surface area contributed by atoms with Gasteiger partial charge in [-0.2, -0.15) is 0 Å². The lowest BCUT2D eigenvalue weighted by molar-refractivity contribution is 0.630. The van der Waals surface area contributed by atoms with Crippen molar-refractivity contribution in [3.8, 4) is 56.4 Å². The van der Waals surface area contributed by atoms with Gasteiger partial charge in [0.05, 0.1) is 0 Å². The van der Waals surface area contributed by atoms with Gasteiger partial charge < -0.3 is 4.42 Å². The predicted octanol–water partition coefficient (Wildman–Crippen LogP) is 13.2. The second-order valence-electron chi connectivity index (χ2n) is 13.6. The Hall–Kier alpha value is -7.09. The van der Waals surface area contributed by atoms with Crippen LogP contribution in [-0.2, 0) is 0 Å². The van der Waals surface area contributed by atoms with Crippen LogP contribution in [0, 0.1) is 5.82 Å². The number of hydrogen-bond acceptors (Lipinski definition) is 6. The molecule has 0 aliphatic heterocycles. The van der Waals surface area contributed by atoms with Crippen LogP contribution in [0.1, 0.15) is 0 Å². The molecule has 0 fully saturated rings. The van der Waals surface area contributed by atoms with Gasteiger partial charge in [-0.1, -0.05) is 91.0 Å². The van der Waals surface area contributed by atoms with Crippen molar-refractivity contribution in [2.75, 3.05) is 0 Å². The van der Waals surface area contributed by atoms with E-state index in [1.165, 1.54) is 10.8 Å². The van der Waals surface area contributed by atoms with Crippen molar-refractivity contribution in [3.63, 3.8) is 0 Å². The third-order valence-electron chi connectivity index (χ3n) is 10.3. The maximum absolute atomic E-state index is 15.3. The summed E-state index contributed by atoms with van der Waals surface area (Å²) in [6, 6.07) is 50.2. The molecule has 0 atom stereocenters. The Bertz CT molecular complexity index is 3280. The third-order valence-corrected chi connectivity index (χ3v) is 11.4. The Kier molecular flexibility index (Phi) is 7.15. The fourth-order valence-corrected chi connectivity index (χ4v) is 8.78. The number of furan rings is 1. The number of halogens is 1. The second-order valence-corrected chi connectivity index (χ2v) is 14.7. The first-order chi connectivity index (χ1) is 27.1. The number of aromatic nitrogens is 4. The van der Waals surface area contributed by atoms with E-state index in [-0.39, 0.29) is 5.82 Å². The Balaban J connectivity index is 1.12. The quantitative estimate of drug-likeness (QED) is 0.177. The summed E-state index contributed by atoms with van der Waals surface area (Å²) in [5, 5.41) is 5.78. The predicted molar refractivity (Wildman–Crippen MR) is 222 cm³/mol. The number of benzene rings is 7. The first kappa shape index (κ1) is 31.4. The van der Waals surface area contributed by atoms with E-state index in [1.54, 1.807) is 23.6 Å². The van der Waals surface area contributed by atoms with Crippen molar-refractivity contribution in [3.05, 3.63) is 170 Å². The lowest BCUT2D eigenvalue weighted by atomic mass is 10.0. The monoisotopic (exact) mass is 726 g/mol. The van der Waals surface area contributed by atoms with Crippen molar-refractivity contribution in [1.29, 1.82) is 0 Å². The van der Waals surface area contributed by atoms with Gasteiger partial charge in [0, 0.05) is 65.6 Å². The molecule has 11 rings (SSSR count). The van der Waals surface area contributed by atoms with E-state index < -0.39 is 0 Å². The van der Waals surface area contributed by atoms with Crippen LogP contribution >= 0.6 is 11.3 Å². The molecule has 0 aliphatic carbocycles. The zero-order valence-electron chi connectivity index (χ0n) is 29.1. The maximum Gasteiger partial charge on any atom is 0.164 e. The van der Waals surface area contributed by atoms with E-state index in [0.717, 1.165) is 81.6 Å². The molecule has 0 saturated heterocycles. The molecule has 0 radical (unpaired) electrons. The van der Waals surface area contributed by atoms with Crippen LogP contribution in [0.4, 0.5) is 4.39 Å². The second kappa shape index (κ2) is 12.5. The molecule has 258 valence electrons. The standard InChI is InChI=1S/C48H27FN4OS/c49-34-22-31-10-4-5-12-35(31)40(26-34)48-52-46(32-17-20-43-39(23-32)36-18-15-30(25-44(36)55-43)33-11-7-21-50-27-33)51-47(53-48)38-13-6-14-41-45(38)37-19-16-29(24-42(37)54-41)28-8-2-1-3-9-28/h1-27H. The van der Waals surface area contributed by atoms with Crippen molar-refractivity contribution in [1.82, 2.24) is 19.9 Å². The number of nitrogens with zero attached hydrogens (tertiary/aromatic N) is 4. The van der Waals surface area contributed by atoms with E-state index in [9.17, 15) is 0 Å². The SMILES string of the molecule is Fc1cc(-c2nc(-c3ccc4sc5cc(-c6cccnc6)ccc5c4c3)nc(-c3cccc4oc5cc(-c6ccccc6)ccc5c34)n2)c2ccccc2c1. The highest BCUT2D eigenvalue weighted by atomic mass is 32.1. The minimum atomic E-state index is -0.355. The van der Waals surface area contributed by atoms with Crippen LogP contribution in [0.15, 0.2) is 168 Å². The van der Waals surface area contributed by atoms with Gasteiger partial charge in [0.15, 0.2) is 17.5 Å². The number of pyridine rings is 1. The topological polar surface area (TPSA) is 64.7 Å². The number of rotatable bonds is 5. The van der Waals surface area contributed by atoms with Gasteiger partial charge in [-0.3, -0.25) is 4.98 Å². The van der Waals surface area contributed by atoms with Gasteiger partial charge in [0.25, 0.3) is 0 Å². The third kappa shape index (κ3) is 5.36. The summed E-state index contributed by atoms with van der Waals surface area (Å²) in [6.07, 6.45) is 3.68. The number of thiophene rings is 1. The Morgan fingerprint density at radius 2 is 1.22 bits per heavy atom. The summed E-state index contributed by atoms with van der Waals surface area (Å²) < 4.78 is 24.1. The lowest BCUT2D eigenvalue weighted by Gasteiger charge is -2.11. The Morgan fingerprint density at radius 3 is 2.09 bits per heavy atom. The van der Waals surface area contributed by atoms with Crippen LogP contribution in [0.3, 0.4) is 0 Å². The van der Waals surface area contributed by atoms with Gasteiger partial charge in [-0.25, -0.2) is 19.3 Å². The van der Waals surface area contributed by atoms with Crippen LogP contribution in [-0.4, -0.2) is 19.9 Å². The molecule has 0 unspecified atom stereocenters. The average Bonchev–Trinajstić information content (AvgIpc) is 3.81. The highest BCUT2D eigenvalue weighted by Crippen LogP contribution is 2.41. The van der Waals surface area contributed by atoms with Gasteiger partial charge >= 0.3 is 0 Å². The van der Waals surface area contributed by atoms with E-state index >= 15 is 4.39 Å². The normalized spacial score (nSPS) is 11.7. The zero-order chi connectivity index (χ0) is 36.5. The zero-order valence-corrected chi connectivity index (χ0v) is 29.9. The fourth-order valence-electron chi connectivity index (χ4n) is 7.66. The highest BCUT2D eigenvalue weighted by molar-refractivity contribution is 7.25. The summed E-state index contributed by atoms with van der Waals surface area (Å²) in [7, 11) is 0. The largest absolute Gasteiger partial charge is 0.456 e. The van der Waals surface area contributed by atoms with Crippen LogP contribution in [0.25, 0.3) is 109 Å². The minimum absolute atomic E-state index is 0.355. The maximum atomic E-state index is 15.3. The molecule has 4 heterocycles. The summed E-state index contributed by atoms with van der Waals surface area (Å²) in [6.45, 7) is 0. The molecule has 0 spiro atoms. The van der Waals surface area contributed by atoms with Crippen LogP contribution < -0.4 is 0 Å². The highest BCUT2D eigenvalue weighted by Gasteiger charge is 2.20. The molecule has 55 heavy (non-hydrogen) atoms. The lowest BCUT2D eigenvalue weighted by Crippen LogP contribution is -2.01. The molecular formula is C48H27FN4OS. The molecule has 11 aromatic rings. The molecule has 0 saturated carbocycles. The summed E-state index contributed by atoms with van der Waals surface area (Å²) in [5.41, 5.74) is 8.13. The van der Waals surface area contributed by atoms with Crippen molar-refractivity contribution < 1.29 is 8.81 Å². The summed E-state index contributed by atoms with van der Waals surface area (Å²) >= 11 is 1.75. The van der Waals surface area contributed by atoms with Gasteiger partial charge in [-0.05, 0) is 88.1 Å². The molecule has 0 amide bonds. The molecule has 7 aromatic carbocycles. The van der Waals surface area contributed by atoms with Crippen LogP contribution in [0.2, 0.25) is 0 Å². The number of hydrogen-bond donors (Lipinski definition) is 0. The molecule has 5 nitrogen and oxygen atoms in total. The Labute approximate surface area is 318 Å². The fraction of sp³-hybridized carbons (Fsp3) is 0. The van der Waals surface area contributed by atoms with E-state index in [2.05, 4.69) is 77.8 Å². The molecule has 0 N–H and O–H groups in total. The molecular weight excluding hydrogens is 700 g/mol. The van der Waals surface area contributed by atoms with E-state index in [4.69, 9.17) is 19.4 Å². The molecule has 0 aliphatic rings.